The first-order valence-electron chi connectivity index (χ1n) is 4.76. The van der Waals surface area contributed by atoms with Crippen LogP contribution in [0.15, 0.2) is 29.0 Å². The summed E-state index contributed by atoms with van der Waals surface area (Å²) in [6.07, 6.45) is 2.96. The highest BCUT2D eigenvalue weighted by atomic mass is 79.9. The molecule has 0 saturated carbocycles. The number of non-ortho nitro benzene ring substituents is 1. The largest absolute Gasteiger partial charge is 0.421 e. The van der Waals surface area contributed by atoms with E-state index in [1.54, 1.807) is 0 Å². The molecule has 0 aliphatic heterocycles. The molecule has 0 spiro atoms. The van der Waals surface area contributed by atoms with Crippen LogP contribution in [0.25, 0.3) is 0 Å². The summed E-state index contributed by atoms with van der Waals surface area (Å²) >= 11 is 14.9. The topological polar surface area (TPSA) is 78.2 Å². The molecule has 0 aliphatic carbocycles. The van der Waals surface area contributed by atoms with Gasteiger partial charge in [-0.3, -0.25) is 10.1 Å². The van der Waals surface area contributed by atoms with Crippen molar-refractivity contribution in [1.82, 2.24) is 9.97 Å². The van der Waals surface area contributed by atoms with Gasteiger partial charge in [0, 0.05) is 24.5 Å². The number of halogens is 3. The zero-order valence-electron chi connectivity index (χ0n) is 9.01. The summed E-state index contributed by atoms with van der Waals surface area (Å²) in [5, 5.41) is 10.6. The Bertz CT molecular complexity index is 613. The lowest BCUT2D eigenvalue weighted by Crippen LogP contribution is -1.94. The molecule has 19 heavy (non-hydrogen) atoms. The standard InChI is InChI=1S/C10H4BrCl2N3O3/c11-5-3-14-10(15-4-5)19-9-7(12)1-6(16(17)18)2-8(9)13/h1-4H. The van der Waals surface area contributed by atoms with Crippen molar-refractivity contribution < 1.29 is 9.66 Å². The molecule has 0 N–H and O–H groups in total. The molecule has 0 saturated heterocycles. The number of nitro groups is 1. The van der Waals surface area contributed by atoms with Gasteiger partial charge in [0.2, 0.25) is 0 Å². The highest BCUT2D eigenvalue weighted by molar-refractivity contribution is 9.10. The average molecular weight is 365 g/mol. The van der Waals surface area contributed by atoms with E-state index >= 15 is 0 Å². The number of hydrogen-bond donors (Lipinski definition) is 0. The van der Waals surface area contributed by atoms with Crippen molar-refractivity contribution in [2.75, 3.05) is 0 Å². The molecule has 9 heteroatoms. The SMILES string of the molecule is O=[N+]([O-])c1cc(Cl)c(Oc2ncc(Br)cn2)c(Cl)c1. The molecule has 0 unspecified atom stereocenters. The Labute approximate surface area is 125 Å². The highest BCUT2D eigenvalue weighted by Crippen LogP contribution is 2.38. The first-order chi connectivity index (χ1) is 8.97. The fraction of sp³-hybridized carbons (Fsp3) is 0. The van der Waals surface area contributed by atoms with E-state index in [1.807, 2.05) is 0 Å². The van der Waals surface area contributed by atoms with Gasteiger partial charge in [-0.25, -0.2) is 9.97 Å². The number of benzene rings is 1. The second-order valence-electron chi connectivity index (χ2n) is 3.28. The fourth-order valence-electron chi connectivity index (χ4n) is 1.19. The van der Waals surface area contributed by atoms with Crippen LogP contribution in [0.5, 0.6) is 11.8 Å². The van der Waals surface area contributed by atoms with Gasteiger partial charge in [0.1, 0.15) is 0 Å². The van der Waals surface area contributed by atoms with Crippen LogP contribution in [-0.4, -0.2) is 14.9 Å². The molecule has 0 aliphatic rings. The van der Waals surface area contributed by atoms with Crippen molar-refractivity contribution in [3.63, 3.8) is 0 Å². The second kappa shape index (κ2) is 5.68. The maximum Gasteiger partial charge on any atom is 0.322 e. The van der Waals surface area contributed by atoms with Crippen molar-refractivity contribution in [2.24, 2.45) is 0 Å². The maximum absolute atomic E-state index is 10.6. The van der Waals surface area contributed by atoms with Crippen LogP contribution in [0.4, 0.5) is 5.69 Å². The molecule has 6 nitrogen and oxygen atoms in total. The van der Waals surface area contributed by atoms with Crippen molar-refractivity contribution >= 4 is 44.8 Å². The summed E-state index contributed by atoms with van der Waals surface area (Å²) in [6, 6.07) is 2.31. The molecule has 0 bridgehead atoms. The Morgan fingerprint density at radius 1 is 1.21 bits per heavy atom. The Morgan fingerprint density at radius 2 is 1.74 bits per heavy atom. The second-order valence-corrected chi connectivity index (χ2v) is 5.01. The van der Waals surface area contributed by atoms with E-state index in [1.165, 1.54) is 12.4 Å². The minimum Gasteiger partial charge on any atom is -0.421 e. The van der Waals surface area contributed by atoms with E-state index in [0.717, 1.165) is 12.1 Å². The van der Waals surface area contributed by atoms with Crippen LogP contribution < -0.4 is 4.74 Å². The lowest BCUT2D eigenvalue weighted by molar-refractivity contribution is -0.384. The highest BCUT2D eigenvalue weighted by Gasteiger charge is 2.17. The smallest absolute Gasteiger partial charge is 0.322 e. The van der Waals surface area contributed by atoms with Gasteiger partial charge in [-0.1, -0.05) is 23.2 Å². The number of nitro benzene ring substituents is 1. The van der Waals surface area contributed by atoms with Gasteiger partial charge in [0.05, 0.1) is 19.4 Å². The number of hydrogen-bond acceptors (Lipinski definition) is 5. The first-order valence-corrected chi connectivity index (χ1v) is 6.31. The van der Waals surface area contributed by atoms with Crippen molar-refractivity contribution in [3.05, 3.63) is 49.2 Å². The van der Waals surface area contributed by atoms with E-state index < -0.39 is 4.92 Å². The van der Waals surface area contributed by atoms with Crippen LogP contribution in [0.1, 0.15) is 0 Å². The zero-order valence-corrected chi connectivity index (χ0v) is 12.1. The Hall–Kier alpha value is -1.44. The molecule has 0 radical (unpaired) electrons. The van der Waals surface area contributed by atoms with Crippen molar-refractivity contribution in [2.45, 2.75) is 0 Å². The van der Waals surface area contributed by atoms with Gasteiger partial charge in [-0.2, -0.15) is 0 Å². The summed E-state index contributed by atoms with van der Waals surface area (Å²) in [5.41, 5.74) is -0.223. The van der Waals surface area contributed by atoms with E-state index in [0.29, 0.717) is 4.47 Å². The zero-order chi connectivity index (χ0) is 14.0. The van der Waals surface area contributed by atoms with Gasteiger partial charge in [-0.05, 0) is 15.9 Å². The summed E-state index contributed by atoms with van der Waals surface area (Å²) in [6.45, 7) is 0. The van der Waals surface area contributed by atoms with E-state index in [4.69, 9.17) is 27.9 Å². The fourth-order valence-corrected chi connectivity index (χ4v) is 1.95. The molecule has 0 fully saturated rings. The number of rotatable bonds is 3. The van der Waals surface area contributed by atoms with E-state index in [9.17, 15) is 10.1 Å². The van der Waals surface area contributed by atoms with Gasteiger partial charge in [0.15, 0.2) is 5.75 Å². The van der Waals surface area contributed by atoms with Crippen LogP contribution in [0.2, 0.25) is 10.0 Å². The number of nitrogens with zero attached hydrogens (tertiary/aromatic N) is 3. The number of ether oxygens (including phenoxy) is 1. The summed E-state index contributed by atoms with van der Waals surface area (Å²) in [7, 11) is 0. The molecule has 98 valence electrons. The lowest BCUT2D eigenvalue weighted by atomic mass is 10.3. The van der Waals surface area contributed by atoms with Gasteiger partial charge < -0.3 is 4.74 Å². The van der Waals surface area contributed by atoms with Crippen LogP contribution in [-0.2, 0) is 0 Å². The number of aromatic nitrogens is 2. The van der Waals surface area contributed by atoms with Crippen molar-refractivity contribution in [3.8, 4) is 11.8 Å². The lowest BCUT2D eigenvalue weighted by Gasteiger charge is -2.07. The van der Waals surface area contributed by atoms with Crippen LogP contribution in [0, 0.1) is 10.1 Å². The molecule has 2 aromatic rings. The normalized spacial score (nSPS) is 10.3. The van der Waals surface area contributed by atoms with Gasteiger partial charge in [-0.15, -0.1) is 0 Å². The summed E-state index contributed by atoms with van der Waals surface area (Å²) in [5.74, 6) is 0.0660. The molecule has 1 heterocycles. The Morgan fingerprint density at radius 3 is 2.21 bits per heavy atom. The van der Waals surface area contributed by atoms with Crippen molar-refractivity contribution in [1.29, 1.82) is 0 Å². The first kappa shape index (κ1) is 14.0. The van der Waals surface area contributed by atoms with Gasteiger partial charge in [0.25, 0.3) is 5.69 Å². The molecular formula is C10H4BrCl2N3O3. The molecule has 1 aromatic heterocycles. The Balaban J connectivity index is 2.35. The third-order valence-corrected chi connectivity index (χ3v) is 2.95. The molecule has 1 aromatic carbocycles. The molecular weight excluding hydrogens is 361 g/mol. The minimum atomic E-state index is -0.600. The van der Waals surface area contributed by atoms with Gasteiger partial charge >= 0.3 is 6.01 Å². The predicted molar refractivity (Wildman–Crippen MR) is 72.9 cm³/mol. The third-order valence-electron chi connectivity index (χ3n) is 1.98. The maximum atomic E-state index is 10.6. The Kier molecular flexibility index (Phi) is 4.18. The van der Waals surface area contributed by atoms with Crippen LogP contribution in [0.3, 0.4) is 0 Å². The predicted octanol–water partition coefficient (Wildman–Crippen LogP) is 4.25. The quantitative estimate of drug-likeness (QED) is 0.601. The van der Waals surface area contributed by atoms with E-state index in [2.05, 4.69) is 25.9 Å². The van der Waals surface area contributed by atoms with Crippen LogP contribution >= 0.6 is 39.1 Å². The molecule has 0 atom stereocenters. The monoisotopic (exact) mass is 363 g/mol. The minimum absolute atomic E-state index is 0.00530. The molecule has 0 amide bonds. The summed E-state index contributed by atoms with van der Waals surface area (Å²) < 4.78 is 5.98. The third kappa shape index (κ3) is 3.31. The van der Waals surface area contributed by atoms with E-state index in [-0.39, 0.29) is 27.5 Å². The average Bonchev–Trinajstić information content (AvgIpc) is 2.35. The summed E-state index contributed by atoms with van der Waals surface area (Å²) in [4.78, 5) is 17.8. The molecule has 2 rings (SSSR count).